The van der Waals surface area contributed by atoms with Gasteiger partial charge in [0.1, 0.15) is 0 Å². The molecule has 0 spiro atoms. The number of imidazole rings is 2. The minimum atomic E-state index is -1.48. The summed E-state index contributed by atoms with van der Waals surface area (Å²) in [4.78, 5) is 56.9. The predicted molar refractivity (Wildman–Crippen MR) is 144 cm³/mol. The molecule has 39 heavy (non-hydrogen) atoms. The van der Waals surface area contributed by atoms with Crippen LogP contribution in [0.5, 0.6) is 0 Å². The number of carbonyl (C=O) groups is 1. The average Bonchev–Trinajstić information content (AvgIpc) is 3.38. The molecule has 3 atom stereocenters. The van der Waals surface area contributed by atoms with E-state index in [4.69, 9.17) is 0 Å². The van der Waals surface area contributed by atoms with Gasteiger partial charge in [0, 0.05) is 54.1 Å². The molecule has 0 radical (unpaired) electrons. The van der Waals surface area contributed by atoms with E-state index in [1.807, 2.05) is 18.2 Å². The summed E-state index contributed by atoms with van der Waals surface area (Å²) in [6, 6.07) is 4.84. The molecule has 1 aliphatic heterocycles. The molecular formula is C26H33N7O6. The van der Waals surface area contributed by atoms with Gasteiger partial charge in [-0.2, -0.15) is 0 Å². The van der Waals surface area contributed by atoms with Gasteiger partial charge in [-0.15, -0.1) is 0 Å². The standard InChI is InChI=1S/C26H33N7O6/c1-26(39)11-16(34)12-32(13-19(26)33-14-27-22-21(33)23(36)31(5)25(38)30(22)4)20(35)9-7-15-6-8-17-18(10-15)29(3)24(37)28(17)2/h6,8,10,14,16,19,34,39H,7,9,11-13H2,1-5H3/t16-,19+,26+/m0/s1. The quantitative estimate of drug-likeness (QED) is 0.343. The number of rotatable bonds is 4. The van der Waals surface area contributed by atoms with Gasteiger partial charge in [-0.25, -0.2) is 14.6 Å². The molecule has 0 saturated carbocycles. The summed E-state index contributed by atoms with van der Waals surface area (Å²) >= 11 is 0. The highest BCUT2D eigenvalue weighted by atomic mass is 16.3. The Labute approximate surface area is 222 Å². The van der Waals surface area contributed by atoms with Crippen LogP contribution in [-0.4, -0.2) is 73.6 Å². The number of hydrogen-bond donors (Lipinski definition) is 2. The molecule has 1 fully saturated rings. The van der Waals surface area contributed by atoms with E-state index in [1.165, 1.54) is 34.5 Å². The number of likely N-dealkylation sites (tertiary alicyclic amines) is 1. The molecule has 5 rings (SSSR count). The zero-order valence-corrected chi connectivity index (χ0v) is 22.7. The fraction of sp³-hybridized carbons (Fsp3) is 0.500. The lowest BCUT2D eigenvalue weighted by molar-refractivity contribution is -0.132. The van der Waals surface area contributed by atoms with Crippen molar-refractivity contribution in [3.05, 3.63) is 61.4 Å². The van der Waals surface area contributed by atoms with Crippen molar-refractivity contribution in [2.24, 2.45) is 28.2 Å². The second-order valence-corrected chi connectivity index (χ2v) is 10.8. The largest absolute Gasteiger partial charge is 0.391 e. The molecule has 0 bridgehead atoms. The highest BCUT2D eigenvalue weighted by Crippen LogP contribution is 2.33. The number of aryl methyl sites for hydroxylation is 4. The first-order chi connectivity index (χ1) is 18.3. The Hall–Kier alpha value is -3.97. The van der Waals surface area contributed by atoms with Crippen LogP contribution in [0, 0.1) is 0 Å². The fourth-order valence-corrected chi connectivity index (χ4v) is 5.72. The first-order valence-electron chi connectivity index (χ1n) is 12.8. The van der Waals surface area contributed by atoms with Crippen molar-refractivity contribution < 1.29 is 15.0 Å². The Morgan fingerprint density at radius 1 is 1.00 bits per heavy atom. The zero-order chi connectivity index (χ0) is 28.4. The van der Waals surface area contributed by atoms with Crippen LogP contribution in [-0.2, 0) is 39.4 Å². The third-order valence-electron chi connectivity index (χ3n) is 8.02. The number of aliphatic hydroxyl groups excluding tert-OH is 1. The second-order valence-electron chi connectivity index (χ2n) is 10.8. The Morgan fingerprint density at radius 2 is 1.67 bits per heavy atom. The van der Waals surface area contributed by atoms with Gasteiger partial charge in [0.25, 0.3) is 5.56 Å². The topological polar surface area (TPSA) is 150 Å². The number of aliphatic hydroxyl groups is 2. The molecule has 1 aliphatic rings. The maximum absolute atomic E-state index is 13.4. The van der Waals surface area contributed by atoms with Crippen LogP contribution in [0.25, 0.3) is 22.2 Å². The van der Waals surface area contributed by atoms with Crippen LogP contribution < -0.4 is 16.9 Å². The zero-order valence-electron chi connectivity index (χ0n) is 22.7. The van der Waals surface area contributed by atoms with Gasteiger partial charge < -0.3 is 19.7 Å². The molecule has 1 amide bonds. The number of benzene rings is 1. The third kappa shape index (κ3) is 4.31. The number of nitrogens with zero attached hydrogens (tertiary/aromatic N) is 7. The average molecular weight is 540 g/mol. The van der Waals surface area contributed by atoms with Crippen LogP contribution in [0.3, 0.4) is 0 Å². The normalized spacial score (nSPS) is 22.1. The van der Waals surface area contributed by atoms with E-state index >= 15 is 0 Å². The summed E-state index contributed by atoms with van der Waals surface area (Å²) in [5.74, 6) is -0.219. The van der Waals surface area contributed by atoms with Crippen molar-refractivity contribution in [1.82, 2.24) is 32.7 Å². The molecule has 1 saturated heterocycles. The second kappa shape index (κ2) is 9.35. The molecule has 0 unspecified atom stereocenters. The highest BCUT2D eigenvalue weighted by Gasteiger charge is 2.42. The van der Waals surface area contributed by atoms with E-state index in [-0.39, 0.29) is 48.7 Å². The lowest BCUT2D eigenvalue weighted by Gasteiger charge is -2.34. The number of amides is 1. The molecule has 0 aliphatic carbocycles. The summed E-state index contributed by atoms with van der Waals surface area (Å²) in [6.45, 7) is 1.62. The smallest absolute Gasteiger partial charge is 0.332 e. The Bertz CT molecular complexity index is 1790. The molecule has 208 valence electrons. The minimum absolute atomic E-state index is 0.0219. The number of fused-ring (bicyclic) bond motifs is 2. The van der Waals surface area contributed by atoms with E-state index in [0.29, 0.717) is 6.42 Å². The molecule has 13 heteroatoms. The maximum Gasteiger partial charge on any atom is 0.332 e. The van der Waals surface area contributed by atoms with Crippen molar-refractivity contribution >= 4 is 28.1 Å². The highest BCUT2D eigenvalue weighted by molar-refractivity contribution is 5.79. The van der Waals surface area contributed by atoms with Crippen LogP contribution in [0.1, 0.15) is 31.4 Å². The number of aromatic nitrogens is 6. The SMILES string of the molecule is Cn1c(=O)c2c(ncn2[C@@H]2CN(C(=O)CCc3ccc4c(c3)n(C)c(=O)n4C)C[C@@H](O)C[C@@]2(C)O)n(C)c1=O. The van der Waals surface area contributed by atoms with Crippen LogP contribution in [0.15, 0.2) is 38.9 Å². The van der Waals surface area contributed by atoms with E-state index in [0.717, 1.165) is 21.2 Å². The molecule has 4 aromatic rings. The summed E-state index contributed by atoms with van der Waals surface area (Å²) in [6.07, 6.45) is 0.957. The summed E-state index contributed by atoms with van der Waals surface area (Å²) in [7, 11) is 6.30. The van der Waals surface area contributed by atoms with Crippen LogP contribution in [0.2, 0.25) is 0 Å². The van der Waals surface area contributed by atoms with Crippen molar-refractivity contribution in [1.29, 1.82) is 0 Å². The van der Waals surface area contributed by atoms with Crippen molar-refractivity contribution in [3.8, 4) is 0 Å². The van der Waals surface area contributed by atoms with Crippen molar-refractivity contribution in [2.45, 2.75) is 43.9 Å². The van der Waals surface area contributed by atoms with Gasteiger partial charge >= 0.3 is 11.4 Å². The van der Waals surface area contributed by atoms with Crippen molar-refractivity contribution in [2.75, 3.05) is 13.1 Å². The Kier molecular flexibility index (Phi) is 6.38. The molecule has 13 nitrogen and oxygen atoms in total. The van der Waals surface area contributed by atoms with Gasteiger partial charge in [-0.1, -0.05) is 6.07 Å². The van der Waals surface area contributed by atoms with Gasteiger partial charge in [-0.05, 0) is 31.0 Å². The van der Waals surface area contributed by atoms with Crippen LogP contribution >= 0.6 is 0 Å². The minimum Gasteiger partial charge on any atom is -0.391 e. The summed E-state index contributed by atoms with van der Waals surface area (Å²) in [5.41, 5.74) is 0.0816. The number of β-amino-alcohol motifs (C(OH)–C–C–N with tert-alkyl or cyclic N) is 1. The summed E-state index contributed by atoms with van der Waals surface area (Å²) < 4.78 is 6.88. The van der Waals surface area contributed by atoms with Gasteiger partial charge in [-0.3, -0.25) is 27.9 Å². The summed E-state index contributed by atoms with van der Waals surface area (Å²) in [5, 5.41) is 22.1. The molecular weight excluding hydrogens is 506 g/mol. The fourth-order valence-electron chi connectivity index (χ4n) is 5.72. The Balaban J connectivity index is 1.45. The van der Waals surface area contributed by atoms with Gasteiger partial charge in [0.05, 0.1) is 35.1 Å². The molecule has 3 aromatic heterocycles. The van der Waals surface area contributed by atoms with E-state index in [1.54, 1.807) is 30.2 Å². The van der Waals surface area contributed by atoms with E-state index in [2.05, 4.69) is 4.98 Å². The first kappa shape index (κ1) is 26.6. The molecule has 2 N–H and O–H groups in total. The van der Waals surface area contributed by atoms with Crippen LogP contribution in [0.4, 0.5) is 0 Å². The lowest BCUT2D eigenvalue weighted by Crippen LogP contribution is -2.44. The molecule has 1 aromatic carbocycles. The predicted octanol–water partition coefficient (Wildman–Crippen LogP) is -0.858. The van der Waals surface area contributed by atoms with Gasteiger partial charge in [0.2, 0.25) is 5.91 Å². The van der Waals surface area contributed by atoms with E-state index in [9.17, 15) is 29.4 Å². The monoisotopic (exact) mass is 539 g/mol. The van der Waals surface area contributed by atoms with Crippen molar-refractivity contribution in [3.63, 3.8) is 0 Å². The Morgan fingerprint density at radius 3 is 2.38 bits per heavy atom. The third-order valence-corrected chi connectivity index (χ3v) is 8.02. The lowest BCUT2D eigenvalue weighted by atomic mass is 9.91. The van der Waals surface area contributed by atoms with Gasteiger partial charge in [0.15, 0.2) is 11.2 Å². The number of hydrogen-bond acceptors (Lipinski definition) is 7. The number of carbonyl (C=O) groups excluding carboxylic acids is 1. The maximum atomic E-state index is 13.4. The first-order valence-corrected chi connectivity index (χ1v) is 12.8. The van der Waals surface area contributed by atoms with E-state index < -0.39 is 29.0 Å². The molecule has 4 heterocycles.